The molecule has 1 aliphatic heterocycles. The summed E-state index contributed by atoms with van der Waals surface area (Å²) in [7, 11) is 0. The number of hydrogen-bond donors (Lipinski definition) is 1. The van der Waals surface area contributed by atoms with Crippen molar-refractivity contribution in [2.24, 2.45) is 0 Å². The van der Waals surface area contributed by atoms with Crippen molar-refractivity contribution in [2.45, 2.75) is 13.5 Å². The number of nitrogens with one attached hydrogen (secondary N) is 1. The quantitative estimate of drug-likeness (QED) is 0.892. The lowest BCUT2D eigenvalue weighted by Crippen LogP contribution is -2.51. The summed E-state index contributed by atoms with van der Waals surface area (Å²) in [5, 5.41) is 6.77. The number of aryl methyl sites for hydroxylation is 1. The van der Waals surface area contributed by atoms with Crippen LogP contribution in [0.25, 0.3) is 0 Å². The number of hydrogen-bond acceptors (Lipinski definition) is 4. The van der Waals surface area contributed by atoms with Gasteiger partial charge >= 0.3 is 0 Å². The summed E-state index contributed by atoms with van der Waals surface area (Å²) in [6.07, 6.45) is 0. The standard InChI is InChI=1S/C19H23N3O2S/c1-15-3-2-4-16(11-15)12-20-18(23)13-21-6-8-22(9-7-21)19(24)17-5-10-25-14-17/h2-5,10-11,14H,6-9,12-13H2,1H3,(H,20,23). The molecule has 3 rings (SSSR count). The Bertz CT molecular complexity index is 722. The summed E-state index contributed by atoms with van der Waals surface area (Å²) in [4.78, 5) is 28.4. The molecule has 132 valence electrons. The van der Waals surface area contributed by atoms with Gasteiger partial charge in [-0.3, -0.25) is 14.5 Å². The van der Waals surface area contributed by atoms with Crippen molar-refractivity contribution >= 4 is 23.2 Å². The maximum absolute atomic E-state index is 12.3. The average Bonchev–Trinajstić information content (AvgIpc) is 3.15. The summed E-state index contributed by atoms with van der Waals surface area (Å²) in [5.41, 5.74) is 3.06. The van der Waals surface area contributed by atoms with Gasteiger partial charge in [0.15, 0.2) is 0 Å². The first-order valence-corrected chi connectivity index (χ1v) is 9.42. The molecule has 2 heterocycles. The molecule has 0 unspecified atom stereocenters. The molecule has 0 aliphatic carbocycles. The van der Waals surface area contributed by atoms with E-state index in [0.29, 0.717) is 26.2 Å². The van der Waals surface area contributed by atoms with Gasteiger partial charge in [-0.1, -0.05) is 29.8 Å². The lowest BCUT2D eigenvalue weighted by molar-refractivity contribution is -0.122. The van der Waals surface area contributed by atoms with Gasteiger partial charge in [0, 0.05) is 38.1 Å². The van der Waals surface area contributed by atoms with Crippen molar-refractivity contribution in [1.29, 1.82) is 0 Å². The lowest BCUT2D eigenvalue weighted by atomic mass is 10.1. The van der Waals surface area contributed by atoms with Crippen LogP contribution in [0, 0.1) is 6.92 Å². The van der Waals surface area contributed by atoms with Gasteiger partial charge in [-0.15, -0.1) is 0 Å². The van der Waals surface area contributed by atoms with E-state index in [0.717, 1.165) is 24.2 Å². The zero-order valence-corrected chi connectivity index (χ0v) is 15.2. The van der Waals surface area contributed by atoms with Crippen LogP contribution in [-0.2, 0) is 11.3 Å². The van der Waals surface area contributed by atoms with Gasteiger partial charge in [-0.2, -0.15) is 11.3 Å². The zero-order chi connectivity index (χ0) is 17.6. The first-order valence-electron chi connectivity index (χ1n) is 8.48. The Morgan fingerprint density at radius 1 is 1.16 bits per heavy atom. The van der Waals surface area contributed by atoms with Crippen LogP contribution in [0.5, 0.6) is 0 Å². The highest BCUT2D eigenvalue weighted by atomic mass is 32.1. The number of rotatable bonds is 5. The van der Waals surface area contributed by atoms with E-state index in [-0.39, 0.29) is 11.8 Å². The molecule has 1 fully saturated rings. The Kier molecular flexibility index (Phi) is 5.83. The van der Waals surface area contributed by atoms with Crippen LogP contribution in [0.15, 0.2) is 41.1 Å². The van der Waals surface area contributed by atoms with E-state index in [1.54, 1.807) is 0 Å². The summed E-state index contributed by atoms with van der Waals surface area (Å²) in [6.45, 7) is 5.77. The molecule has 0 atom stereocenters. The Labute approximate surface area is 152 Å². The smallest absolute Gasteiger partial charge is 0.254 e. The summed E-state index contributed by atoms with van der Waals surface area (Å²) in [6, 6.07) is 10.00. The van der Waals surface area contributed by atoms with E-state index in [4.69, 9.17) is 0 Å². The largest absolute Gasteiger partial charge is 0.351 e. The highest BCUT2D eigenvalue weighted by Crippen LogP contribution is 2.12. The number of carbonyl (C=O) groups is 2. The van der Waals surface area contributed by atoms with E-state index in [1.165, 1.54) is 16.9 Å². The maximum Gasteiger partial charge on any atom is 0.254 e. The van der Waals surface area contributed by atoms with Crippen LogP contribution in [0.4, 0.5) is 0 Å². The van der Waals surface area contributed by atoms with E-state index in [1.807, 2.05) is 46.8 Å². The predicted molar refractivity (Wildman–Crippen MR) is 99.7 cm³/mol. The van der Waals surface area contributed by atoms with E-state index < -0.39 is 0 Å². The molecule has 1 aliphatic rings. The Balaban J connectivity index is 1.41. The van der Waals surface area contributed by atoms with E-state index >= 15 is 0 Å². The second kappa shape index (κ2) is 8.27. The molecule has 1 saturated heterocycles. The Hall–Kier alpha value is -2.18. The minimum atomic E-state index is 0.0270. The monoisotopic (exact) mass is 357 g/mol. The van der Waals surface area contributed by atoms with Gasteiger partial charge in [0.25, 0.3) is 5.91 Å². The fourth-order valence-electron chi connectivity index (χ4n) is 2.96. The Morgan fingerprint density at radius 2 is 1.96 bits per heavy atom. The SMILES string of the molecule is Cc1cccc(CNC(=O)CN2CCN(C(=O)c3ccsc3)CC2)c1. The minimum absolute atomic E-state index is 0.0270. The van der Waals surface area contributed by atoms with Crippen LogP contribution in [0.2, 0.25) is 0 Å². The fourth-order valence-corrected chi connectivity index (χ4v) is 3.59. The second-order valence-electron chi connectivity index (χ2n) is 6.35. The van der Waals surface area contributed by atoms with Crippen molar-refractivity contribution in [2.75, 3.05) is 32.7 Å². The molecule has 2 aromatic rings. The first-order chi connectivity index (χ1) is 12.1. The molecule has 5 nitrogen and oxygen atoms in total. The average molecular weight is 357 g/mol. The zero-order valence-electron chi connectivity index (χ0n) is 14.4. The summed E-state index contributed by atoms with van der Waals surface area (Å²) >= 11 is 1.53. The number of nitrogens with zero attached hydrogens (tertiary/aromatic N) is 2. The minimum Gasteiger partial charge on any atom is -0.351 e. The van der Waals surface area contributed by atoms with Gasteiger partial charge in [-0.05, 0) is 23.9 Å². The lowest BCUT2D eigenvalue weighted by Gasteiger charge is -2.34. The van der Waals surface area contributed by atoms with Crippen LogP contribution in [-0.4, -0.2) is 54.3 Å². The third-order valence-corrected chi connectivity index (χ3v) is 5.05. The van der Waals surface area contributed by atoms with Crippen LogP contribution in [0.1, 0.15) is 21.5 Å². The number of piperazine rings is 1. The van der Waals surface area contributed by atoms with Crippen molar-refractivity contribution in [3.05, 3.63) is 57.8 Å². The Morgan fingerprint density at radius 3 is 2.64 bits per heavy atom. The molecular formula is C19H23N3O2S. The molecule has 6 heteroatoms. The van der Waals surface area contributed by atoms with Crippen LogP contribution >= 0.6 is 11.3 Å². The fraction of sp³-hybridized carbons (Fsp3) is 0.368. The number of amides is 2. The maximum atomic E-state index is 12.3. The molecule has 0 bridgehead atoms. The molecule has 0 saturated carbocycles. The third kappa shape index (κ3) is 4.90. The second-order valence-corrected chi connectivity index (χ2v) is 7.13. The number of benzene rings is 1. The van der Waals surface area contributed by atoms with E-state index in [9.17, 15) is 9.59 Å². The third-order valence-electron chi connectivity index (χ3n) is 4.37. The highest BCUT2D eigenvalue weighted by Gasteiger charge is 2.23. The molecular weight excluding hydrogens is 334 g/mol. The van der Waals surface area contributed by atoms with Crippen molar-refractivity contribution in [3.63, 3.8) is 0 Å². The predicted octanol–water partition coefficient (Wildman–Crippen LogP) is 2.13. The molecule has 1 aromatic heterocycles. The van der Waals surface area contributed by atoms with Gasteiger partial charge in [0.2, 0.25) is 5.91 Å². The van der Waals surface area contributed by atoms with Gasteiger partial charge < -0.3 is 10.2 Å². The van der Waals surface area contributed by atoms with Gasteiger partial charge in [0.1, 0.15) is 0 Å². The summed E-state index contributed by atoms with van der Waals surface area (Å²) in [5.74, 6) is 0.115. The van der Waals surface area contributed by atoms with Gasteiger partial charge in [0.05, 0.1) is 12.1 Å². The van der Waals surface area contributed by atoms with Crippen molar-refractivity contribution in [1.82, 2.24) is 15.1 Å². The highest BCUT2D eigenvalue weighted by molar-refractivity contribution is 7.08. The van der Waals surface area contributed by atoms with E-state index in [2.05, 4.69) is 16.3 Å². The molecule has 25 heavy (non-hydrogen) atoms. The molecule has 1 aromatic carbocycles. The van der Waals surface area contributed by atoms with Crippen molar-refractivity contribution in [3.8, 4) is 0 Å². The molecule has 2 amide bonds. The normalized spacial score (nSPS) is 15.2. The topological polar surface area (TPSA) is 52.7 Å². The summed E-state index contributed by atoms with van der Waals surface area (Å²) < 4.78 is 0. The number of carbonyl (C=O) groups excluding carboxylic acids is 2. The molecule has 0 spiro atoms. The van der Waals surface area contributed by atoms with Crippen molar-refractivity contribution < 1.29 is 9.59 Å². The first kappa shape index (κ1) is 17.6. The number of thiophene rings is 1. The molecule has 0 radical (unpaired) electrons. The van der Waals surface area contributed by atoms with Gasteiger partial charge in [-0.25, -0.2) is 0 Å². The van der Waals surface area contributed by atoms with Crippen LogP contribution < -0.4 is 5.32 Å². The van der Waals surface area contributed by atoms with Crippen LogP contribution in [0.3, 0.4) is 0 Å². The molecule has 1 N–H and O–H groups in total.